The van der Waals surface area contributed by atoms with Gasteiger partial charge in [-0.05, 0) is 32.2 Å². The van der Waals surface area contributed by atoms with Gasteiger partial charge in [0.25, 0.3) is 10.2 Å². The van der Waals surface area contributed by atoms with Crippen molar-refractivity contribution in [3.05, 3.63) is 0 Å². The molecule has 6 heteroatoms. The van der Waals surface area contributed by atoms with Gasteiger partial charge in [-0.15, -0.1) is 0 Å². The maximum atomic E-state index is 12.6. The molecule has 1 fully saturated rings. The van der Waals surface area contributed by atoms with Gasteiger partial charge in [0.1, 0.15) is 0 Å². The predicted octanol–water partition coefficient (Wildman–Crippen LogP) is 1.82. The Morgan fingerprint density at radius 2 is 1.85 bits per heavy atom. The predicted molar refractivity (Wildman–Crippen MR) is 83.9 cm³/mol. The van der Waals surface area contributed by atoms with Crippen molar-refractivity contribution in [2.75, 3.05) is 26.7 Å². The van der Waals surface area contributed by atoms with Crippen LogP contribution in [-0.4, -0.2) is 55.8 Å². The van der Waals surface area contributed by atoms with E-state index in [2.05, 4.69) is 26.1 Å². The second-order valence-electron chi connectivity index (χ2n) is 5.99. The number of rotatable bonds is 11. The fraction of sp³-hybridized carbons (Fsp3) is 1.00. The van der Waals surface area contributed by atoms with Gasteiger partial charge in [-0.1, -0.05) is 27.2 Å². The SMILES string of the molecule is CCCCN(C1CC1)S(=O)(=O)N(C)CCCNC(C)C. The molecule has 1 saturated carbocycles. The van der Waals surface area contributed by atoms with Gasteiger partial charge in [0.2, 0.25) is 0 Å². The van der Waals surface area contributed by atoms with Gasteiger partial charge in [0, 0.05) is 32.2 Å². The standard InChI is InChI=1S/C14H31N3O2S/c1-5-6-12-17(14-8-9-14)20(18,19)16(4)11-7-10-15-13(2)3/h13-15H,5-12H2,1-4H3. The first-order valence-electron chi connectivity index (χ1n) is 7.86. The first-order valence-corrected chi connectivity index (χ1v) is 9.25. The molecule has 1 rings (SSSR count). The van der Waals surface area contributed by atoms with E-state index in [1.165, 1.54) is 4.31 Å². The summed E-state index contributed by atoms with van der Waals surface area (Å²) in [5.74, 6) is 0. The van der Waals surface area contributed by atoms with Gasteiger partial charge >= 0.3 is 0 Å². The summed E-state index contributed by atoms with van der Waals surface area (Å²) in [5, 5.41) is 3.32. The topological polar surface area (TPSA) is 52.7 Å². The molecule has 0 aromatic heterocycles. The maximum absolute atomic E-state index is 12.6. The molecule has 1 aliphatic carbocycles. The second kappa shape index (κ2) is 8.32. The van der Waals surface area contributed by atoms with Crippen molar-refractivity contribution >= 4 is 10.2 Å². The summed E-state index contributed by atoms with van der Waals surface area (Å²) in [6.45, 7) is 8.39. The Morgan fingerprint density at radius 3 is 2.35 bits per heavy atom. The molecule has 0 aromatic rings. The Bertz CT molecular complexity index is 367. The van der Waals surface area contributed by atoms with E-state index in [1.807, 2.05) is 0 Å². The molecule has 5 nitrogen and oxygen atoms in total. The second-order valence-corrected chi connectivity index (χ2v) is 7.98. The van der Waals surface area contributed by atoms with E-state index in [4.69, 9.17) is 0 Å². The first kappa shape index (κ1) is 17.9. The van der Waals surface area contributed by atoms with Crippen molar-refractivity contribution in [3.63, 3.8) is 0 Å². The van der Waals surface area contributed by atoms with Crippen LogP contribution in [0.3, 0.4) is 0 Å². The smallest absolute Gasteiger partial charge is 0.281 e. The average molecular weight is 305 g/mol. The van der Waals surface area contributed by atoms with E-state index in [0.717, 1.165) is 38.6 Å². The highest BCUT2D eigenvalue weighted by molar-refractivity contribution is 7.86. The van der Waals surface area contributed by atoms with Crippen LogP contribution in [0, 0.1) is 0 Å². The van der Waals surface area contributed by atoms with E-state index < -0.39 is 10.2 Å². The Kier molecular flexibility index (Phi) is 7.43. The lowest BCUT2D eigenvalue weighted by molar-refractivity contribution is 0.344. The summed E-state index contributed by atoms with van der Waals surface area (Å²) < 4.78 is 28.4. The number of nitrogens with one attached hydrogen (secondary N) is 1. The molecule has 0 bridgehead atoms. The van der Waals surface area contributed by atoms with Gasteiger partial charge in [-0.3, -0.25) is 0 Å². The minimum atomic E-state index is -3.27. The Balaban J connectivity index is 2.47. The first-order chi connectivity index (χ1) is 9.39. The molecule has 120 valence electrons. The Labute approximate surface area is 124 Å². The van der Waals surface area contributed by atoms with Crippen LogP contribution in [0.1, 0.15) is 52.9 Å². The summed E-state index contributed by atoms with van der Waals surface area (Å²) in [7, 11) is -1.57. The molecular weight excluding hydrogens is 274 g/mol. The molecule has 1 aliphatic rings. The molecule has 0 unspecified atom stereocenters. The zero-order valence-corrected chi connectivity index (χ0v) is 14.2. The fourth-order valence-corrected chi connectivity index (χ4v) is 3.81. The third-order valence-electron chi connectivity index (χ3n) is 3.58. The molecule has 0 amide bonds. The number of hydrogen-bond acceptors (Lipinski definition) is 3. The normalized spacial score (nSPS) is 16.6. The van der Waals surface area contributed by atoms with Crippen molar-refractivity contribution in [2.24, 2.45) is 0 Å². The highest BCUT2D eigenvalue weighted by Gasteiger charge is 2.38. The van der Waals surface area contributed by atoms with Crippen LogP contribution >= 0.6 is 0 Å². The highest BCUT2D eigenvalue weighted by Crippen LogP contribution is 2.30. The third-order valence-corrected chi connectivity index (χ3v) is 5.62. The van der Waals surface area contributed by atoms with Crippen molar-refractivity contribution in [2.45, 2.75) is 65.0 Å². The molecule has 0 saturated heterocycles. The lowest BCUT2D eigenvalue weighted by atomic mass is 10.3. The largest absolute Gasteiger partial charge is 0.314 e. The minimum absolute atomic E-state index is 0.253. The van der Waals surface area contributed by atoms with Crippen molar-refractivity contribution < 1.29 is 8.42 Å². The third kappa shape index (κ3) is 5.68. The van der Waals surface area contributed by atoms with Crippen LogP contribution in [-0.2, 0) is 10.2 Å². The van der Waals surface area contributed by atoms with Crippen LogP contribution in [0.15, 0.2) is 0 Å². The van der Waals surface area contributed by atoms with Crippen LogP contribution in [0.2, 0.25) is 0 Å². The van der Waals surface area contributed by atoms with Crippen molar-refractivity contribution in [3.8, 4) is 0 Å². The zero-order valence-electron chi connectivity index (χ0n) is 13.4. The molecule has 20 heavy (non-hydrogen) atoms. The fourth-order valence-electron chi connectivity index (χ4n) is 2.15. The van der Waals surface area contributed by atoms with Gasteiger partial charge < -0.3 is 5.32 Å². The van der Waals surface area contributed by atoms with Crippen LogP contribution in [0.4, 0.5) is 0 Å². The molecule has 1 N–H and O–H groups in total. The van der Waals surface area contributed by atoms with E-state index in [1.54, 1.807) is 11.4 Å². The summed E-state index contributed by atoms with van der Waals surface area (Å²) in [6.07, 6.45) is 4.86. The van der Waals surface area contributed by atoms with Crippen LogP contribution < -0.4 is 5.32 Å². The van der Waals surface area contributed by atoms with Gasteiger partial charge in [0.15, 0.2) is 0 Å². The lowest BCUT2D eigenvalue weighted by Gasteiger charge is -2.27. The molecule has 0 heterocycles. The summed E-state index contributed by atoms with van der Waals surface area (Å²) >= 11 is 0. The summed E-state index contributed by atoms with van der Waals surface area (Å²) in [6, 6.07) is 0.701. The Morgan fingerprint density at radius 1 is 1.20 bits per heavy atom. The molecule has 0 radical (unpaired) electrons. The van der Waals surface area contributed by atoms with Crippen LogP contribution in [0.5, 0.6) is 0 Å². The zero-order chi connectivity index (χ0) is 15.2. The summed E-state index contributed by atoms with van der Waals surface area (Å²) in [4.78, 5) is 0. The van der Waals surface area contributed by atoms with Crippen molar-refractivity contribution in [1.82, 2.24) is 13.9 Å². The maximum Gasteiger partial charge on any atom is 0.281 e. The van der Waals surface area contributed by atoms with Crippen molar-refractivity contribution in [1.29, 1.82) is 0 Å². The lowest BCUT2D eigenvalue weighted by Crippen LogP contribution is -2.44. The molecule has 0 atom stereocenters. The van der Waals surface area contributed by atoms with E-state index >= 15 is 0 Å². The van der Waals surface area contributed by atoms with Crippen LogP contribution in [0.25, 0.3) is 0 Å². The number of nitrogens with zero attached hydrogens (tertiary/aromatic N) is 2. The van der Waals surface area contributed by atoms with E-state index in [-0.39, 0.29) is 6.04 Å². The molecule has 0 spiro atoms. The Hall–Kier alpha value is -0.170. The molecular formula is C14H31N3O2S. The van der Waals surface area contributed by atoms with Gasteiger partial charge in [-0.25, -0.2) is 0 Å². The van der Waals surface area contributed by atoms with E-state index in [9.17, 15) is 8.42 Å². The average Bonchev–Trinajstić information content (AvgIpc) is 3.18. The number of unbranched alkanes of at least 4 members (excludes halogenated alkanes) is 1. The summed E-state index contributed by atoms with van der Waals surface area (Å²) in [5.41, 5.74) is 0. The van der Waals surface area contributed by atoms with Gasteiger partial charge in [-0.2, -0.15) is 17.0 Å². The highest BCUT2D eigenvalue weighted by atomic mass is 32.2. The molecule has 0 aromatic carbocycles. The quantitative estimate of drug-likeness (QED) is 0.592. The molecule has 0 aliphatic heterocycles. The monoisotopic (exact) mass is 305 g/mol. The van der Waals surface area contributed by atoms with Gasteiger partial charge in [0.05, 0.1) is 0 Å². The number of hydrogen-bond donors (Lipinski definition) is 1. The van der Waals surface area contributed by atoms with E-state index in [0.29, 0.717) is 19.1 Å². The minimum Gasteiger partial charge on any atom is -0.314 e.